The van der Waals surface area contributed by atoms with Crippen LogP contribution < -0.4 is 9.47 Å². The van der Waals surface area contributed by atoms with E-state index >= 15 is 0 Å². The maximum Gasteiger partial charge on any atom is 0.338 e. The monoisotopic (exact) mass is 262 g/mol. The van der Waals surface area contributed by atoms with Crippen molar-refractivity contribution in [3.63, 3.8) is 0 Å². The lowest BCUT2D eigenvalue weighted by Gasteiger charge is -2.22. The zero-order valence-corrected chi connectivity index (χ0v) is 10.9. The first-order valence-corrected chi connectivity index (χ1v) is 6.93. The molecule has 4 nitrogen and oxygen atoms in total. The molecular weight excluding hydrogens is 244 g/mol. The van der Waals surface area contributed by atoms with E-state index in [1.807, 2.05) is 0 Å². The van der Waals surface area contributed by atoms with E-state index in [9.17, 15) is 4.79 Å². The molecule has 4 heteroatoms. The number of hydrogen-bond donors (Lipinski definition) is 0. The van der Waals surface area contributed by atoms with Crippen molar-refractivity contribution in [1.82, 2.24) is 0 Å². The summed E-state index contributed by atoms with van der Waals surface area (Å²) in [6.07, 6.45) is 5.59. The quantitative estimate of drug-likeness (QED) is 0.769. The molecule has 0 bridgehead atoms. The summed E-state index contributed by atoms with van der Waals surface area (Å²) in [7, 11) is 0. The highest BCUT2D eigenvalue weighted by molar-refractivity contribution is 5.90. The minimum absolute atomic E-state index is 0.0782. The predicted molar refractivity (Wildman–Crippen MR) is 69.7 cm³/mol. The Labute approximate surface area is 112 Å². The van der Waals surface area contributed by atoms with Gasteiger partial charge in [0.2, 0.25) is 0 Å². The summed E-state index contributed by atoms with van der Waals surface area (Å²) in [4.78, 5) is 12.1. The van der Waals surface area contributed by atoms with Gasteiger partial charge in [-0.2, -0.15) is 0 Å². The molecule has 0 saturated heterocycles. The van der Waals surface area contributed by atoms with Crippen molar-refractivity contribution in [2.24, 2.45) is 0 Å². The molecule has 1 fully saturated rings. The number of esters is 1. The third-order valence-corrected chi connectivity index (χ3v) is 3.60. The zero-order valence-electron chi connectivity index (χ0n) is 10.9. The largest absolute Gasteiger partial charge is 0.486 e. The molecule has 1 heterocycles. The summed E-state index contributed by atoms with van der Waals surface area (Å²) in [5, 5.41) is 0. The summed E-state index contributed by atoms with van der Waals surface area (Å²) in [6, 6.07) is 5.21. The van der Waals surface area contributed by atoms with Crippen LogP contribution in [0.2, 0.25) is 0 Å². The van der Waals surface area contributed by atoms with E-state index in [2.05, 4.69) is 0 Å². The van der Waals surface area contributed by atoms with E-state index in [4.69, 9.17) is 14.2 Å². The van der Waals surface area contributed by atoms with Gasteiger partial charge in [0.25, 0.3) is 0 Å². The Bertz CT molecular complexity index is 463. The SMILES string of the molecule is O=C(OC1CCCCC1)c1ccc2c(c1)OCCO2. The molecule has 0 unspecified atom stereocenters. The number of benzene rings is 1. The van der Waals surface area contributed by atoms with Crippen LogP contribution in [-0.2, 0) is 4.74 Å². The Balaban J connectivity index is 1.69. The number of carbonyl (C=O) groups excluding carboxylic acids is 1. The highest BCUT2D eigenvalue weighted by Gasteiger charge is 2.20. The Morgan fingerprint density at radius 1 is 1.05 bits per heavy atom. The molecule has 1 aliphatic carbocycles. The van der Waals surface area contributed by atoms with E-state index in [1.54, 1.807) is 18.2 Å². The van der Waals surface area contributed by atoms with Gasteiger partial charge in [-0.05, 0) is 43.9 Å². The van der Waals surface area contributed by atoms with Crippen LogP contribution in [0.3, 0.4) is 0 Å². The van der Waals surface area contributed by atoms with Gasteiger partial charge in [-0.25, -0.2) is 4.79 Å². The fraction of sp³-hybridized carbons (Fsp3) is 0.533. The number of fused-ring (bicyclic) bond motifs is 1. The molecule has 19 heavy (non-hydrogen) atoms. The summed E-state index contributed by atoms with van der Waals surface area (Å²) in [6.45, 7) is 1.08. The Morgan fingerprint density at radius 3 is 2.58 bits per heavy atom. The molecule has 3 rings (SSSR count). The zero-order chi connectivity index (χ0) is 13.1. The summed E-state index contributed by atoms with van der Waals surface area (Å²) >= 11 is 0. The van der Waals surface area contributed by atoms with Gasteiger partial charge in [0.05, 0.1) is 5.56 Å². The van der Waals surface area contributed by atoms with Crippen molar-refractivity contribution in [1.29, 1.82) is 0 Å². The van der Waals surface area contributed by atoms with Gasteiger partial charge >= 0.3 is 5.97 Å². The molecule has 1 saturated carbocycles. The first-order chi connectivity index (χ1) is 9.33. The van der Waals surface area contributed by atoms with Crippen molar-refractivity contribution in [2.75, 3.05) is 13.2 Å². The number of rotatable bonds is 2. The molecule has 2 aliphatic rings. The second kappa shape index (κ2) is 5.51. The maximum atomic E-state index is 12.1. The minimum Gasteiger partial charge on any atom is -0.486 e. The van der Waals surface area contributed by atoms with Crippen molar-refractivity contribution >= 4 is 5.97 Å². The van der Waals surface area contributed by atoms with Gasteiger partial charge in [-0.15, -0.1) is 0 Å². The normalized spacial score (nSPS) is 18.9. The lowest BCUT2D eigenvalue weighted by Crippen LogP contribution is -2.21. The van der Waals surface area contributed by atoms with Crippen LogP contribution >= 0.6 is 0 Å². The van der Waals surface area contributed by atoms with Crippen LogP contribution in [0.4, 0.5) is 0 Å². The number of carbonyl (C=O) groups is 1. The molecule has 1 aromatic carbocycles. The van der Waals surface area contributed by atoms with Crippen molar-refractivity contribution in [2.45, 2.75) is 38.2 Å². The smallest absolute Gasteiger partial charge is 0.338 e. The van der Waals surface area contributed by atoms with E-state index in [1.165, 1.54) is 6.42 Å². The highest BCUT2D eigenvalue weighted by Crippen LogP contribution is 2.31. The highest BCUT2D eigenvalue weighted by atomic mass is 16.6. The molecule has 102 valence electrons. The fourth-order valence-electron chi connectivity index (χ4n) is 2.57. The van der Waals surface area contributed by atoms with Gasteiger partial charge in [0, 0.05) is 0 Å². The molecule has 0 atom stereocenters. The van der Waals surface area contributed by atoms with Gasteiger partial charge in [0.15, 0.2) is 11.5 Å². The second-order valence-electron chi connectivity index (χ2n) is 5.02. The topological polar surface area (TPSA) is 44.8 Å². The molecule has 0 aromatic heterocycles. The molecule has 0 N–H and O–H groups in total. The lowest BCUT2D eigenvalue weighted by atomic mass is 9.98. The van der Waals surface area contributed by atoms with Gasteiger partial charge in [-0.1, -0.05) is 6.42 Å². The van der Waals surface area contributed by atoms with E-state index in [0.717, 1.165) is 25.7 Å². The van der Waals surface area contributed by atoms with Crippen LogP contribution in [0.1, 0.15) is 42.5 Å². The first-order valence-electron chi connectivity index (χ1n) is 6.93. The summed E-state index contributed by atoms with van der Waals surface area (Å²) in [5.41, 5.74) is 0.537. The van der Waals surface area contributed by atoms with Gasteiger partial charge in [-0.3, -0.25) is 0 Å². The van der Waals surface area contributed by atoms with Crippen molar-refractivity contribution in [3.8, 4) is 11.5 Å². The summed E-state index contributed by atoms with van der Waals surface area (Å²) < 4.78 is 16.4. The average Bonchev–Trinajstić information content (AvgIpc) is 2.48. The molecule has 0 amide bonds. The van der Waals surface area contributed by atoms with Crippen LogP contribution in [0.15, 0.2) is 18.2 Å². The summed E-state index contributed by atoms with van der Waals surface area (Å²) in [5.74, 6) is 1.06. The lowest BCUT2D eigenvalue weighted by molar-refractivity contribution is 0.0210. The molecule has 0 radical (unpaired) electrons. The van der Waals surface area contributed by atoms with E-state index in [0.29, 0.717) is 30.3 Å². The van der Waals surface area contributed by atoms with Crippen LogP contribution in [-0.4, -0.2) is 25.3 Å². The molecule has 1 aromatic rings. The van der Waals surface area contributed by atoms with E-state index in [-0.39, 0.29) is 12.1 Å². The Morgan fingerprint density at radius 2 is 1.79 bits per heavy atom. The second-order valence-corrected chi connectivity index (χ2v) is 5.02. The Hall–Kier alpha value is -1.71. The third kappa shape index (κ3) is 2.83. The third-order valence-electron chi connectivity index (χ3n) is 3.60. The van der Waals surface area contributed by atoms with Crippen molar-refractivity contribution in [3.05, 3.63) is 23.8 Å². The van der Waals surface area contributed by atoms with Crippen LogP contribution in [0.5, 0.6) is 11.5 Å². The van der Waals surface area contributed by atoms with Crippen LogP contribution in [0.25, 0.3) is 0 Å². The average molecular weight is 262 g/mol. The molecular formula is C15H18O4. The maximum absolute atomic E-state index is 12.1. The van der Waals surface area contributed by atoms with Gasteiger partial charge < -0.3 is 14.2 Å². The minimum atomic E-state index is -0.260. The van der Waals surface area contributed by atoms with Gasteiger partial charge in [0.1, 0.15) is 19.3 Å². The molecule has 0 spiro atoms. The standard InChI is InChI=1S/C15H18O4/c16-15(19-12-4-2-1-3-5-12)11-6-7-13-14(10-11)18-9-8-17-13/h6-7,10,12H,1-5,8-9H2. The predicted octanol–water partition coefficient (Wildman–Crippen LogP) is 2.95. The first kappa shape index (κ1) is 12.3. The van der Waals surface area contributed by atoms with E-state index < -0.39 is 0 Å². The van der Waals surface area contributed by atoms with Crippen molar-refractivity contribution < 1.29 is 19.0 Å². The number of hydrogen-bond acceptors (Lipinski definition) is 4. The van der Waals surface area contributed by atoms with Crippen LogP contribution in [0, 0.1) is 0 Å². The Kier molecular flexibility index (Phi) is 3.58. The molecule has 1 aliphatic heterocycles. The number of ether oxygens (including phenoxy) is 3. The fourth-order valence-corrected chi connectivity index (χ4v) is 2.57.